The maximum Gasteiger partial charge on any atom is 0.408 e. The molecule has 0 radical (unpaired) electrons. The second-order valence-corrected chi connectivity index (χ2v) is 13.9. The van der Waals surface area contributed by atoms with Crippen LogP contribution in [-0.4, -0.2) is 96.9 Å². The highest BCUT2D eigenvalue weighted by atomic mass is 16.6. The average molecular weight is 695 g/mol. The van der Waals surface area contributed by atoms with Crippen molar-refractivity contribution in [2.45, 2.75) is 95.0 Å². The number of rotatable bonds is 6. The van der Waals surface area contributed by atoms with Crippen LogP contribution in [0.1, 0.15) is 76.2 Å². The number of benzene rings is 1. The molecule has 2 unspecified atom stereocenters. The molecule has 5 atom stereocenters. The number of alkyl carbamates (subject to hydrolysis) is 1. The van der Waals surface area contributed by atoms with E-state index in [0.29, 0.717) is 41.7 Å². The van der Waals surface area contributed by atoms with Gasteiger partial charge in [0, 0.05) is 29.9 Å². The summed E-state index contributed by atoms with van der Waals surface area (Å²) < 4.78 is 27.3. The molecule has 50 heavy (non-hydrogen) atoms. The normalized spacial score (nSPS) is 26.2. The molecule has 2 aliphatic heterocycles. The van der Waals surface area contributed by atoms with E-state index in [0.717, 1.165) is 19.3 Å². The van der Waals surface area contributed by atoms with Crippen molar-refractivity contribution in [3.05, 3.63) is 42.1 Å². The van der Waals surface area contributed by atoms with Gasteiger partial charge in [0.15, 0.2) is 5.69 Å². The summed E-state index contributed by atoms with van der Waals surface area (Å²) in [6, 6.07) is 4.54. The van der Waals surface area contributed by atoms with Gasteiger partial charge in [-0.2, -0.15) is 0 Å². The minimum Gasteiger partial charge on any atom is -0.497 e. The number of aromatic nitrogens is 1. The summed E-state index contributed by atoms with van der Waals surface area (Å²) in [6.45, 7) is 5.17. The number of nitrogens with one attached hydrogen (secondary N) is 2. The van der Waals surface area contributed by atoms with Crippen LogP contribution in [0.15, 0.2) is 36.4 Å². The predicted molar refractivity (Wildman–Crippen MR) is 181 cm³/mol. The van der Waals surface area contributed by atoms with E-state index in [1.165, 1.54) is 32.3 Å². The van der Waals surface area contributed by atoms with Crippen molar-refractivity contribution in [2.75, 3.05) is 27.9 Å². The Bertz CT molecular complexity index is 1670. The number of pyridine rings is 1. The third kappa shape index (κ3) is 8.11. The first-order chi connectivity index (χ1) is 23.8. The lowest BCUT2D eigenvalue weighted by molar-refractivity contribution is -0.148. The maximum atomic E-state index is 14.4. The number of ether oxygens (including phenoxy) is 5. The lowest BCUT2D eigenvalue weighted by Crippen LogP contribution is -2.56. The zero-order valence-electron chi connectivity index (χ0n) is 29.4. The summed E-state index contributed by atoms with van der Waals surface area (Å²) in [4.78, 5) is 72.8. The molecule has 3 amide bonds. The van der Waals surface area contributed by atoms with E-state index in [-0.39, 0.29) is 24.6 Å². The molecule has 1 saturated heterocycles. The second-order valence-electron chi connectivity index (χ2n) is 13.9. The Hall–Kier alpha value is -4.88. The summed E-state index contributed by atoms with van der Waals surface area (Å²) in [6.07, 6.45) is 6.28. The van der Waals surface area contributed by atoms with Crippen molar-refractivity contribution in [1.82, 2.24) is 20.5 Å². The van der Waals surface area contributed by atoms with E-state index in [1.807, 2.05) is 12.2 Å². The first kappa shape index (κ1) is 36.4. The van der Waals surface area contributed by atoms with E-state index in [2.05, 4.69) is 15.6 Å². The molecule has 3 aliphatic rings. The first-order valence-electron chi connectivity index (χ1n) is 16.9. The van der Waals surface area contributed by atoms with Crippen LogP contribution >= 0.6 is 0 Å². The molecule has 0 bridgehead atoms. The molecule has 3 heterocycles. The molecule has 14 nitrogen and oxygen atoms in total. The van der Waals surface area contributed by atoms with Crippen molar-refractivity contribution >= 4 is 40.7 Å². The number of nitrogens with zero attached hydrogens (tertiary/aromatic N) is 2. The quantitative estimate of drug-likeness (QED) is 0.256. The fourth-order valence-electron chi connectivity index (χ4n) is 6.55. The Balaban J connectivity index is 1.50. The summed E-state index contributed by atoms with van der Waals surface area (Å²) in [5, 5.41) is 6.22. The molecule has 2 fully saturated rings. The number of hydrogen-bond donors (Lipinski definition) is 2. The fraction of sp³-hybridized carbons (Fsp3) is 0.556. The number of methoxy groups -OCH3 is 3. The van der Waals surface area contributed by atoms with Gasteiger partial charge in [0.05, 0.1) is 33.4 Å². The van der Waals surface area contributed by atoms with Crippen molar-refractivity contribution in [2.24, 2.45) is 5.92 Å². The minimum atomic E-state index is -1.25. The number of carbonyl (C=O) groups is 5. The van der Waals surface area contributed by atoms with Crippen LogP contribution in [0.5, 0.6) is 11.5 Å². The van der Waals surface area contributed by atoms with Crippen molar-refractivity contribution < 1.29 is 47.7 Å². The van der Waals surface area contributed by atoms with Crippen LogP contribution in [0.2, 0.25) is 0 Å². The van der Waals surface area contributed by atoms with Gasteiger partial charge in [-0.3, -0.25) is 9.59 Å². The van der Waals surface area contributed by atoms with Crippen LogP contribution in [0.25, 0.3) is 10.9 Å². The van der Waals surface area contributed by atoms with E-state index < -0.39 is 59.2 Å². The van der Waals surface area contributed by atoms with Gasteiger partial charge in [-0.1, -0.05) is 25.0 Å². The zero-order chi connectivity index (χ0) is 36.2. The first-order valence-corrected chi connectivity index (χ1v) is 16.9. The van der Waals surface area contributed by atoms with Gasteiger partial charge in [0.25, 0.3) is 0 Å². The highest BCUT2D eigenvalue weighted by Gasteiger charge is 2.62. The van der Waals surface area contributed by atoms with Gasteiger partial charge in [0.1, 0.15) is 40.8 Å². The predicted octanol–water partition coefficient (Wildman–Crippen LogP) is 3.84. The molecule has 1 saturated carbocycles. The van der Waals surface area contributed by atoms with Gasteiger partial charge < -0.3 is 39.2 Å². The Morgan fingerprint density at radius 1 is 1.04 bits per heavy atom. The summed E-state index contributed by atoms with van der Waals surface area (Å²) in [7, 11) is 4.03. The van der Waals surface area contributed by atoms with Gasteiger partial charge in [-0.25, -0.2) is 19.4 Å². The third-order valence-electron chi connectivity index (χ3n) is 9.15. The number of amides is 3. The molecule has 0 spiro atoms. The lowest BCUT2D eigenvalue weighted by Gasteiger charge is -2.30. The van der Waals surface area contributed by atoms with Crippen LogP contribution in [0.4, 0.5) is 4.79 Å². The summed E-state index contributed by atoms with van der Waals surface area (Å²) in [5.41, 5.74) is -1.63. The van der Waals surface area contributed by atoms with E-state index in [4.69, 9.17) is 23.7 Å². The zero-order valence-corrected chi connectivity index (χ0v) is 29.4. The molecule has 2 aromatic rings. The minimum absolute atomic E-state index is 0.000565. The molecule has 5 rings (SSSR count). The lowest BCUT2D eigenvalue weighted by atomic mass is 10.0. The largest absolute Gasteiger partial charge is 0.497 e. The van der Waals surface area contributed by atoms with Crippen LogP contribution in [-0.2, 0) is 28.6 Å². The highest BCUT2D eigenvalue weighted by Crippen LogP contribution is 2.46. The second kappa shape index (κ2) is 14.9. The smallest absolute Gasteiger partial charge is 0.408 e. The highest BCUT2D eigenvalue weighted by molar-refractivity contribution is 5.97. The molecule has 270 valence electrons. The Labute approximate surface area is 291 Å². The standard InChI is InChI=1S/C36H46N4O10/c1-35(2,3)50-34(45)38-25-13-11-9-7-8-10-12-21-19-36(21,33(44)48-6)39-30(41)28-17-23(20-40(28)31(25)42)49-29-18-27(32(43)47-5)37-26-16-22(46-4)14-15-24(26)29/h10,12,14-16,18,21,23,25,28H,7-9,11,13,17,19-20H2,1-6H3,(H,38,45)(H,39,41)/b12-10-/t21?,23?,25-,28-,36+/m0/s1. The van der Waals surface area contributed by atoms with E-state index >= 15 is 0 Å². The SMILES string of the molecule is COC(=O)c1cc(OC2C[C@H]3C(=O)N[C@]4(C(=O)OC)CC4/C=C\CCCCC[C@H](NC(=O)OC(C)(C)C)C(=O)N3C2)c2ccc(OC)cc2n1. The van der Waals surface area contributed by atoms with Crippen molar-refractivity contribution in [3.63, 3.8) is 0 Å². The number of hydrogen-bond acceptors (Lipinski definition) is 11. The molecule has 1 aromatic heterocycles. The van der Waals surface area contributed by atoms with Crippen LogP contribution < -0.4 is 20.1 Å². The van der Waals surface area contributed by atoms with Gasteiger partial charge in [-0.05, 0) is 58.6 Å². The number of carbonyl (C=O) groups excluding carboxylic acids is 5. The summed E-state index contributed by atoms with van der Waals surface area (Å²) >= 11 is 0. The topological polar surface area (TPSA) is 172 Å². The average Bonchev–Trinajstić information content (AvgIpc) is 3.60. The Morgan fingerprint density at radius 2 is 1.82 bits per heavy atom. The molecule has 1 aliphatic carbocycles. The van der Waals surface area contributed by atoms with Gasteiger partial charge in [0.2, 0.25) is 11.8 Å². The Morgan fingerprint density at radius 3 is 2.52 bits per heavy atom. The molecular weight excluding hydrogens is 648 g/mol. The fourth-order valence-corrected chi connectivity index (χ4v) is 6.55. The van der Waals surface area contributed by atoms with Crippen molar-refractivity contribution in [3.8, 4) is 11.5 Å². The Kier molecular flexibility index (Phi) is 10.9. The number of fused-ring (bicyclic) bond motifs is 3. The summed E-state index contributed by atoms with van der Waals surface area (Å²) in [5.74, 6) is -1.70. The number of allylic oxidation sites excluding steroid dienone is 1. The van der Waals surface area contributed by atoms with Crippen LogP contribution in [0.3, 0.4) is 0 Å². The van der Waals surface area contributed by atoms with E-state index in [9.17, 15) is 24.0 Å². The maximum absolute atomic E-state index is 14.4. The molecule has 14 heteroatoms. The van der Waals surface area contributed by atoms with Crippen molar-refractivity contribution in [1.29, 1.82) is 0 Å². The monoisotopic (exact) mass is 694 g/mol. The number of esters is 2. The van der Waals surface area contributed by atoms with Crippen LogP contribution in [0, 0.1) is 5.92 Å². The molecular formula is C36H46N4O10. The van der Waals surface area contributed by atoms with Gasteiger partial charge >= 0.3 is 18.0 Å². The van der Waals surface area contributed by atoms with E-state index in [1.54, 1.807) is 39.0 Å². The molecule has 2 N–H and O–H groups in total. The molecule has 1 aromatic carbocycles. The van der Waals surface area contributed by atoms with Gasteiger partial charge in [-0.15, -0.1) is 0 Å². The third-order valence-corrected chi connectivity index (χ3v) is 9.15.